The Labute approximate surface area is 232 Å². The predicted octanol–water partition coefficient (Wildman–Crippen LogP) is 7.25. The minimum atomic E-state index is -4.69. The molecule has 5 rings (SSSR count). The van der Waals surface area contributed by atoms with Crippen molar-refractivity contribution < 1.29 is 31.6 Å². The average molecular weight is 614 g/mol. The minimum Gasteiger partial charge on any atom is -0.423 e. The molecule has 0 saturated heterocycles. The molecule has 0 spiro atoms. The Balaban J connectivity index is 0.000000210. The summed E-state index contributed by atoms with van der Waals surface area (Å²) in [6.07, 6.45) is -4.69. The van der Waals surface area contributed by atoms with Crippen molar-refractivity contribution in [2.45, 2.75) is 20.0 Å². The summed E-state index contributed by atoms with van der Waals surface area (Å²) in [7, 11) is 0. The van der Waals surface area contributed by atoms with Crippen LogP contribution in [0.15, 0.2) is 102 Å². The van der Waals surface area contributed by atoms with E-state index in [0.717, 1.165) is 9.86 Å². The highest BCUT2D eigenvalue weighted by atomic mass is 79.9. The zero-order valence-corrected chi connectivity index (χ0v) is 22.5. The summed E-state index contributed by atoms with van der Waals surface area (Å²) >= 11 is 3.31. The van der Waals surface area contributed by atoms with Gasteiger partial charge in [-0.25, -0.2) is 9.59 Å². The fourth-order valence-corrected chi connectivity index (χ4v) is 4.33. The number of halogens is 4. The number of Topliss-reactive ketones (excluding diaryl/α,β-unsaturated/α-hetero) is 1. The lowest BCUT2D eigenvalue weighted by Gasteiger charge is -2.21. The first kappa shape index (κ1) is 28.5. The van der Waals surface area contributed by atoms with E-state index >= 15 is 0 Å². The van der Waals surface area contributed by atoms with E-state index in [4.69, 9.17) is 8.83 Å². The van der Waals surface area contributed by atoms with Gasteiger partial charge in [0.1, 0.15) is 16.7 Å². The van der Waals surface area contributed by atoms with Crippen LogP contribution < -0.4 is 16.2 Å². The number of nitrogens with zero attached hydrogens (tertiary/aromatic N) is 1. The Bertz CT molecular complexity index is 1860. The van der Waals surface area contributed by atoms with E-state index in [2.05, 4.69) is 15.9 Å². The topological polar surface area (TPSA) is 97.8 Å². The Morgan fingerprint density at radius 3 is 2.12 bits per heavy atom. The lowest BCUT2D eigenvalue weighted by atomic mass is 10.1. The third kappa shape index (κ3) is 6.20. The molecular weight excluding hydrogens is 595 g/mol. The molecule has 0 radical (unpaired) electrons. The minimum absolute atomic E-state index is 0.0839. The number of fused-ring (bicyclic) bond motifs is 2. The van der Waals surface area contributed by atoms with E-state index in [0.29, 0.717) is 23.0 Å². The first-order valence-electron chi connectivity index (χ1n) is 11.6. The summed E-state index contributed by atoms with van der Waals surface area (Å²) < 4.78 is 50.1. The molecule has 0 aliphatic rings. The first-order chi connectivity index (χ1) is 18.8. The van der Waals surface area contributed by atoms with Gasteiger partial charge in [0.2, 0.25) is 5.91 Å². The van der Waals surface area contributed by atoms with Crippen molar-refractivity contribution in [3.63, 3.8) is 0 Å². The van der Waals surface area contributed by atoms with Crippen LogP contribution in [-0.2, 0) is 11.0 Å². The molecule has 0 bridgehead atoms. The molecule has 11 heteroatoms. The van der Waals surface area contributed by atoms with Crippen LogP contribution in [-0.4, -0.2) is 11.7 Å². The largest absolute Gasteiger partial charge is 0.423 e. The third-order valence-corrected chi connectivity index (χ3v) is 6.19. The maximum Gasteiger partial charge on any atom is 0.417 e. The molecule has 0 aliphatic heterocycles. The number of amides is 1. The summed E-state index contributed by atoms with van der Waals surface area (Å²) in [6.45, 7) is 2.68. The number of carbonyl (C=O) groups excluding carboxylic acids is 2. The molecular formula is C29H19BrF3NO6. The number of benzene rings is 3. The molecule has 7 nitrogen and oxygen atoms in total. The number of para-hydroxylation sites is 1. The number of carbonyl (C=O) groups is 2. The number of ketones is 1. The first-order valence-corrected chi connectivity index (χ1v) is 12.4. The quantitative estimate of drug-likeness (QED) is 0.157. The Kier molecular flexibility index (Phi) is 8.06. The van der Waals surface area contributed by atoms with Gasteiger partial charge in [-0.05, 0) is 55.5 Å². The smallest absolute Gasteiger partial charge is 0.417 e. The van der Waals surface area contributed by atoms with Gasteiger partial charge in [-0.1, -0.05) is 34.1 Å². The van der Waals surface area contributed by atoms with Crippen LogP contribution in [0.2, 0.25) is 0 Å². The zero-order chi connectivity index (χ0) is 29.2. The fraction of sp³-hybridized carbons (Fsp3) is 0.103. The number of hydrogen-bond donors (Lipinski definition) is 0. The summed E-state index contributed by atoms with van der Waals surface area (Å²) in [5.74, 6) is -0.620. The molecule has 0 unspecified atom stereocenters. The number of hydrogen-bond acceptors (Lipinski definition) is 6. The molecule has 5 aromatic rings. The third-order valence-electron chi connectivity index (χ3n) is 5.69. The fourth-order valence-electron chi connectivity index (χ4n) is 3.95. The second kappa shape index (κ2) is 11.3. The van der Waals surface area contributed by atoms with Gasteiger partial charge in [0.05, 0.1) is 11.3 Å². The van der Waals surface area contributed by atoms with Gasteiger partial charge in [-0.3, -0.25) is 14.5 Å². The average Bonchev–Trinajstić information content (AvgIpc) is 2.88. The van der Waals surface area contributed by atoms with Crippen molar-refractivity contribution in [3.05, 3.63) is 115 Å². The molecule has 40 heavy (non-hydrogen) atoms. The molecule has 0 saturated carbocycles. The molecule has 0 aliphatic carbocycles. The molecule has 204 valence electrons. The van der Waals surface area contributed by atoms with E-state index in [1.54, 1.807) is 54.6 Å². The summed E-state index contributed by atoms with van der Waals surface area (Å²) in [5, 5.41) is 0.488. The second-order valence-corrected chi connectivity index (χ2v) is 9.45. The molecule has 2 heterocycles. The van der Waals surface area contributed by atoms with Crippen molar-refractivity contribution in [1.82, 2.24) is 0 Å². The normalized spacial score (nSPS) is 11.2. The molecule has 0 fully saturated rings. The van der Waals surface area contributed by atoms with Crippen molar-refractivity contribution in [2.75, 3.05) is 4.90 Å². The number of rotatable bonds is 3. The van der Waals surface area contributed by atoms with Gasteiger partial charge < -0.3 is 8.83 Å². The van der Waals surface area contributed by atoms with Crippen LogP contribution in [0.1, 0.15) is 29.8 Å². The molecule has 1 amide bonds. The Morgan fingerprint density at radius 1 is 0.800 bits per heavy atom. The van der Waals surface area contributed by atoms with Gasteiger partial charge in [-0.2, -0.15) is 13.2 Å². The maximum atomic E-state index is 13.1. The van der Waals surface area contributed by atoms with Crippen molar-refractivity contribution in [3.8, 4) is 0 Å². The van der Waals surface area contributed by atoms with Crippen molar-refractivity contribution >= 4 is 60.9 Å². The van der Waals surface area contributed by atoms with E-state index in [1.807, 2.05) is 0 Å². The second-order valence-electron chi connectivity index (χ2n) is 8.53. The van der Waals surface area contributed by atoms with Crippen molar-refractivity contribution in [1.29, 1.82) is 0 Å². The predicted molar refractivity (Wildman–Crippen MR) is 147 cm³/mol. The van der Waals surface area contributed by atoms with E-state index in [9.17, 15) is 32.3 Å². The van der Waals surface area contributed by atoms with E-state index in [-0.39, 0.29) is 28.2 Å². The number of anilines is 2. The summed E-state index contributed by atoms with van der Waals surface area (Å²) in [4.78, 5) is 47.3. The number of alkyl halides is 3. The van der Waals surface area contributed by atoms with Crippen LogP contribution in [0.5, 0.6) is 0 Å². The highest BCUT2D eigenvalue weighted by molar-refractivity contribution is 9.10. The van der Waals surface area contributed by atoms with E-state index in [1.165, 1.54) is 36.9 Å². The van der Waals surface area contributed by atoms with Gasteiger partial charge >= 0.3 is 17.4 Å². The van der Waals surface area contributed by atoms with Crippen LogP contribution in [0.3, 0.4) is 0 Å². The summed E-state index contributed by atoms with van der Waals surface area (Å²) in [5.41, 5.74) is -1.59. The summed E-state index contributed by atoms with van der Waals surface area (Å²) in [6, 6.07) is 19.7. The molecule has 0 N–H and O–H groups in total. The SMILES string of the molecule is CC(=O)N(c1ccccc1)c1ccc2c(C(F)(F)F)cc(=O)oc2c1.CC(=O)c1cc2cc(Br)ccc2oc1=O. The van der Waals surface area contributed by atoms with Gasteiger partial charge in [0, 0.05) is 40.0 Å². The highest BCUT2D eigenvalue weighted by Crippen LogP contribution is 2.36. The lowest BCUT2D eigenvalue weighted by molar-refractivity contribution is -0.136. The molecule has 2 aromatic heterocycles. The molecule has 0 atom stereocenters. The zero-order valence-electron chi connectivity index (χ0n) is 20.9. The Morgan fingerprint density at radius 2 is 1.50 bits per heavy atom. The van der Waals surface area contributed by atoms with Gasteiger partial charge in [0.25, 0.3) is 0 Å². The van der Waals surface area contributed by atoms with E-state index < -0.39 is 23.0 Å². The standard InChI is InChI=1S/C18H12F3NO3.C11H7BrO3/c1-11(23)22(12-5-3-2-4-6-12)13-7-8-14-15(18(19,20)21)10-17(24)25-16(14)9-13;1-6(13)9-5-7-4-8(12)2-3-10(7)15-11(9)14/h2-10H,1H3;2-5H,1H3. The van der Waals surface area contributed by atoms with Crippen LogP contribution >= 0.6 is 15.9 Å². The monoisotopic (exact) mass is 613 g/mol. The van der Waals surface area contributed by atoms with Gasteiger partial charge in [0.15, 0.2) is 5.78 Å². The van der Waals surface area contributed by atoms with Crippen molar-refractivity contribution in [2.24, 2.45) is 0 Å². The molecule has 3 aromatic carbocycles. The van der Waals surface area contributed by atoms with Crippen LogP contribution in [0.25, 0.3) is 21.9 Å². The van der Waals surface area contributed by atoms with Crippen LogP contribution in [0, 0.1) is 0 Å². The van der Waals surface area contributed by atoms with Gasteiger partial charge in [-0.15, -0.1) is 0 Å². The van der Waals surface area contributed by atoms with Crippen LogP contribution in [0.4, 0.5) is 24.5 Å². The lowest BCUT2D eigenvalue weighted by Crippen LogP contribution is -2.22. The highest BCUT2D eigenvalue weighted by Gasteiger charge is 2.34. The maximum absolute atomic E-state index is 13.1. The Hall–Kier alpha value is -4.51.